The number of hydrogen-bond donors (Lipinski definition) is 1. The van der Waals surface area contributed by atoms with Gasteiger partial charge in [-0.15, -0.1) is 45.3 Å². The van der Waals surface area contributed by atoms with Gasteiger partial charge in [-0.05, 0) is 36.4 Å². The molecule has 0 saturated heterocycles. The molecule has 0 atom stereocenters. The summed E-state index contributed by atoms with van der Waals surface area (Å²) >= 11 is 11.9. The lowest BCUT2D eigenvalue weighted by atomic mass is 10.3. The summed E-state index contributed by atoms with van der Waals surface area (Å²) in [5, 5.41) is 6.29. The molecule has 5 rings (SSSR count). The lowest BCUT2D eigenvalue weighted by molar-refractivity contribution is 0.103. The van der Waals surface area contributed by atoms with Crippen molar-refractivity contribution < 1.29 is 4.79 Å². The Labute approximate surface area is 181 Å². The highest BCUT2D eigenvalue weighted by molar-refractivity contribution is 7.26. The van der Waals surface area contributed by atoms with Crippen LogP contribution in [0.3, 0.4) is 0 Å². The van der Waals surface area contributed by atoms with E-state index in [1.54, 1.807) is 11.3 Å². The van der Waals surface area contributed by atoms with Gasteiger partial charge in [0.05, 0.1) is 34.9 Å². The third-order valence-electron chi connectivity index (χ3n) is 3.88. The number of carbonyl (C=O) groups excluding carboxylic acids is 1. The van der Waals surface area contributed by atoms with Crippen molar-refractivity contribution in [1.82, 2.24) is 9.97 Å². The third-order valence-corrected chi connectivity index (χ3v) is 8.19. The minimum absolute atomic E-state index is 0.164. The Morgan fingerprint density at radius 3 is 2.61 bits per heavy atom. The van der Waals surface area contributed by atoms with Crippen LogP contribution in [0.1, 0.15) is 9.67 Å². The Hall–Kier alpha value is -2.10. The smallest absolute Gasteiger partial charge is 0.267 e. The number of benzene rings is 1. The van der Waals surface area contributed by atoms with Crippen LogP contribution in [-0.2, 0) is 0 Å². The molecule has 0 aliphatic heterocycles. The molecule has 5 aromatic rings. The highest BCUT2D eigenvalue weighted by Gasteiger charge is 2.15. The maximum Gasteiger partial charge on any atom is 0.267 e. The van der Waals surface area contributed by atoms with E-state index in [4.69, 9.17) is 11.6 Å². The van der Waals surface area contributed by atoms with Crippen LogP contribution in [0.4, 0.5) is 5.13 Å². The molecule has 0 saturated carbocycles. The van der Waals surface area contributed by atoms with E-state index in [1.165, 1.54) is 34.0 Å². The second kappa shape index (κ2) is 7.38. The van der Waals surface area contributed by atoms with E-state index < -0.39 is 0 Å². The van der Waals surface area contributed by atoms with Gasteiger partial charge in [-0.25, -0.2) is 9.97 Å². The van der Waals surface area contributed by atoms with E-state index in [9.17, 15) is 4.79 Å². The van der Waals surface area contributed by atoms with Crippen LogP contribution in [0.2, 0.25) is 4.34 Å². The molecule has 1 amide bonds. The standard InChI is InChI=1S/C19H10ClN3OS4/c20-16-8-7-13(27-16)11-9-25-19(22-11)23-17(24)14-5-6-15(26-14)18-21-10-3-1-2-4-12(10)28-18/h1-9H,(H,22,23,24). The molecule has 4 heterocycles. The quantitative estimate of drug-likeness (QED) is 0.311. The normalized spacial score (nSPS) is 11.2. The fourth-order valence-corrected chi connectivity index (χ4v) is 6.31. The summed E-state index contributed by atoms with van der Waals surface area (Å²) < 4.78 is 1.86. The summed E-state index contributed by atoms with van der Waals surface area (Å²) in [7, 11) is 0. The first-order valence-electron chi connectivity index (χ1n) is 8.14. The van der Waals surface area contributed by atoms with Crippen LogP contribution < -0.4 is 5.32 Å². The first-order valence-corrected chi connectivity index (χ1v) is 11.8. The van der Waals surface area contributed by atoms with Crippen molar-refractivity contribution in [3.8, 4) is 20.5 Å². The lowest BCUT2D eigenvalue weighted by Gasteiger charge is -1.97. The number of nitrogens with zero attached hydrogens (tertiary/aromatic N) is 2. The zero-order valence-electron chi connectivity index (χ0n) is 14.0. The number of carbonyl (C=O) groups is 1. The summed E-state index contributed by atoms with van der Waals surface area (Å²) in [6.07, 6.45) is 0. The van der Waals surface area contributed by atoms with Crippen LogP contribution in [0.15, 0.2) is 53.9 Å². The van der Waals surface area contributed by atoms with E-state index in [0.29, 0.717) is 10.0 Å². The number of aromatic nitrogens is 2. The molecular formula is C19H10ClN3OS4. The molecule has 138 valence electrons. The van der Waals surface area contributed by atoms with E-state index in [1.807, 2.05) is 47.8 Å². The van der Waals surface area contributed by atoms with Gasteiger partial charge in [0.15, 0.2) is 5.13 Å². The van der Waals surface area contributed by atoms with Gasteiger partial charge >= 0.3 is 0 Å². The van der Waals surface area contributed by atoms with E-state index >= 15 is 0 Å². The fourth-order valence-electron chi connectivity index (χ4n) is 2.61. The first-order chi connectivity index (χ1) is 13.7. The van der Waals surface area contributed by atoms with Crippen molar-refractivity contribution in [1.29, 1.82) is 0 Å². The zero-order valence-corrected chi connectivity index (χ0v) is 18.0. The maximum absolute atomic E-state index is 12.6. The Morgan fingerprint density at radius 1 is 0.929 bits per heavy atom. The number of fused-ring (bicyclic) bond motifs is 1. The number of para-hydroxylation sites is 1. The SMILES string of the molecule is O=C(Nc1nc(-c2ccc(Cl)s2)cs1)c1ccc(-c2nc3ccccc3s2)s1. The summed E-state index contributed by atoms with van der Waals surface area (Å²) in [5.74, 6) is -0.164. The maximum atomic E-state index is 12.6. The van der Waals surface area contributed by atoms with Crippen LogP contribution in [0.5, 0.6) is 0 Å². The van der Waals surface area contributed by atoms with Gasteiger partial charge in [0, 0.05) is 5.38 Å². The number of rotatable bonds is 4. The molecule has 1 aromatic carbocycles. The number of thiazole rings is 2. The third kappa shape index (κ3) is 3.49. The second-order valence-electron chi connectivity index (χ2n) is 5.75. The predicted molar refractivity (Wildman–Crippen MR) is 121 cm³/mol. The summed E-state index contributed by atoms with van der Waals surface area (Å²) in [6, 6.07) is 15.6. The Kier molecular flexibility index (Phi) is 4.73. The van der Waals surface area contributed by atoms with Crippen molar-refractivity contribution in [3.05, 3.63) is 63.1 Å². The van der Waals surface area contributed by atoms with Crippen molar-refractivity contribution >= 4 is 78.2 Å². The average molecular weight is 460 g/mol. The Bertz CT molecular complexity index is 1270. The lowest BCUT2D eigenvalue weighted by Crippen LogP contribution is -2.09. The minimum Gasteiger partial charge on any atom is -0.297 e. The molecule has 0 fully saturated rings. The van der Waals surface area contributed by atoms with E-state index in [2.05, 4.69) is 21.4 Å². The van der Waals surface area contributed by atoms with Gasteiger partial charge < -0.3 is 0 Å². The van der Waals surface area contributed by atoms with E-state index in [-0.39, 0.29) is 5.91 Å². The number of amides is 1. The molecule has 0 unspecified atom stereocenters. The predicted octanol–water partition coefficient (Wildman–Crippen LogP) is 7.12. The molecule has 0 spiro atoms. The fraction of sp³-hybridized carbons (Fsp3) is 0. The van der Waals surface area contributed by atoms with Gasteiger partial charge in [-0.2, -0.15) is 0 Å². The Morgan fingerprint density at radius 2 is 1.79 bits per heavy atom. The minimum atomic E-state index is -0.164. The van der Waals surface area contributed by atoms with Crippen LogP contribution in [0.25, 0.3) is 30.7 Å². The molecule has 0 aliphatic rings. The van der Waals surface area contributed by atoms with Gasteiger partial charge in [-0.3, -0.25) is 10.1 Å². The molecule has 0 aliphatic carbocycles. The van der Waals surface area contributed by atoms with Crippen molar-refractivity contribution in [2.75, 3.05) is 5.32 Å². The molecular weight excluding hydrogens is 450 g/mol. The molecule has 0 bridgehead atoms. The van der Waals surface area contributed by atoms with Crippen molar-refractivity contribution in [2.24, 2.45) is 0 Å². The monoisotopic (exact) mass is 459 g/mol. The summed E-state index contributed by atoms with van der Waals surface area (Å²) in [4.78, 5) is 24.4. The molecule has 4 aromatic heterocycles. The van der Waals surface area contributed by atoms with Gasteiger partial charge in [0.2, 0.25) is 0 Å². The van der Waals surface area contributed by atoms with Gasteiger partial charge in [-0.1, -0.05) is 23.7 Å². The van der Waals surface area contributed by atoms with E-state index in [0.717, 1.165) is 35.0 Å². The summed E-state index contributed by atoms with van der Waals surface area (Å²) in [6.45, 7) is 0. The number of hydrogen-bond acceptors (Lipinski definition) is 7. The summed E-state index contributed by atoms with van der Waals surface area (Å²) in [5.41, 5.74) is 1.80. The topological polar surface area (TPSA) is 54.9 Å². The molecule has 28 heavy (non-hydrogen) atoms. The van der Waals surface area contributed by atoms with Crippen molar-refractivity contribution in [2.45, 2.75) is 0 Å². The number of anilines is 1. The molecule has 0 radical (unpaired) electrons. The van der Waals surface area contributed by atoms with Gasteiger partial charge in [0.25, 0.3) is 5.91 Å². The van der Waals surface area contributed by atoms with Crippen LogP contribution in [0, 0.1) is 0 Å². The molecule has 9 heteroatoms. The van der Waals surface area contributed by atoms with Gasteiger partial charge in [0.1, 0.15) is 5.01 Å². The van der Waals surface area contributed by atoms with Crippen LogP contribution in [-0.4, -0.2) is 15.9 Å². The Balaban J connectivity index is 1.34. The number of halogens is 1. The highest BCUT2D eigenvalue weighted by Crippen LogP contribution is 2.35. The largest absolute Gasteiger partial charge is 0.297 e. The van der Waals surface area contributed by atoms with Crippen LogP contribution >= 0.6 is 56.9 Å². The number of nitrogens with one attached hydrogen (secondary N) is 1. The molecule has 4 nitrogen and oxygen atoms in total. The number of thiophene rings is 2. The second-order valence-corrected chi connectivity index (χ2v) is 10.4. The highest BCUT2D eigenvalue weighted by atomic mass is 35.5. The zero-order chi connectivity index (χ0) is 19.1. The van der Waals surface area contributed by atoms with Crippen molar-refractivity contribution in [3.63, 3.8) is 0 Å². The molecule has 1 N–H and O–H groups in total. The first kappa shape index (κ1) is 18.0. The average Bonchev–Trinajstić information content (AvgIpc) is 3.46.